The first kappa shape index (κ1) is 18.9. The lowest BCUT2D eigenvalue weighted by Crippen LogP contribution is -2.39. The average Bonchev–Trinajstić information content (AvgIpc) is 3.19. The zero-order valence-electron chi connectivity index (χ0n) is 15.1. The second kappa shape index (κ2) is 8.68. The summed E-state index contributed by atoms with van der Waals surface area (Å²) in [6.45, 7) is 1.21. The van der Waals surface area contributed by atoms with E-state index >= 15 is 0 Å². The molecule has 0 spiro atoms. The SMILES string of the molecule is COc1ccc(-c2cc(C(=O)NCC(C(=O)O)C3CCOCC3)[nH]n2)cc1. The van der Waals surface area contributed by atoms with Gasteiger partial charge in [0, 0.05) is 25.3 Å². The Morgan fingerprint density at radius 1 is 1.33 bits per heavy atom. The fraction of sp³-hybridized carbons (Fsp3) is 0.421. The first-order chi connectivity index (χ1) is 13.1. The Morgan fingerprint density at radius 3 is 2.67 bits per heavy atom. The van der Waals surface area contributed by atoms with Gasteiger partial charge in [-0.15, -0.1) is 0 Å². The molecule has 8 nitrogen and oxygen atoms in total. The number of H-pyrrole nitrogens is 1. The Bertz CT molecular complexity index is 781. The molecule has 27 heavy (non-hydrogen) atoms. The molecular formula is C19H23N3O5. The van der Waals surface area contributed by atoms with Crippen molar-refractivity contribution in [1.82, 2.24) is 15.5 Å². The topological polar surface area (TPSA) is 114 Å². The van der Waals surface area contributed by atoms with Crippen molar-refractivity contribution < 1.29 is 24.2 Å². The van der Waals surface area contributed by atoms with Gasteiger partial charge in [0.1, 0.15) is 11.4 Å². The number of aromatic nitrogens is 2. The van der Waals surface area contributed by atoms with Crippen LogP contribution in [-0.4, -0.2) is 54.0 Å². The summed E-state index contributed by atoms with van der Waals surface area (Å²) in [6, 6.07) is 8.97. The summed E-state index contributed by atoms with van der Waals surface area (Å²) in [5.41, 5.74) is 1.76. The largest absolute Gasteiger partial charge is 0.497 e. The molecule has 0 bridgehead atoms. The summed E-state index contributed by atoms with van der Waals surface area (Å²) in [6.07, 6.45) is 1.39. The van der Waals surface area contributed by atoms with Crippen molar-refractivity contribution in [1.29, 1.82) is 0 Å². The molecule has 1 fully saturated rings. The number of aliphatic carboxylic acids is 1. The van der Waals surface area contributed by atoms with E-state index < -0.39 is 11.9 Å². The summed E-state index contributed by atoms with van der Waals surface area (Å²) in [5.74, 6) is -1.15. The first-order valence-corrected chi connectivity index (χ1v) is 8.87. The number of ether oxygens (including phenoxy) is 2. The van der Waals surface area contributed by atoms with Gasteiger partial charge < -0.3 is 19.9 Å². The minimum absolute atomic E-state index is 0.00757. The smallest absolute Gasteiger partial charge is 0.308 e. The molecule has 8 heteroatoms. The van der Waals surface area contributed by atoms with Crippen LogP contribution in [0, 0.1) is 11.8 Å². The summed E-state index contributed by atoms with van der Waals surface area (Å²) in [5, 5.41) is 19.1. The third-order valence-electron chi connectivity index (χ3n) is 4.84. The quantitative estimate of drug-likeness (QED) is 0.683. The van der Waals surface area contributed by atoms with Crippen LogP contribution in [0.15, 0.2) is 30.3 Å². The molecule has 1 aromatic carbocycles. The fourth-order valence-electron chi connectivity index (χ4n) is 3.22. The summed E-state index contributed by atoms with van der Waals surface area (Å²) in [7, 11) is 1.59. The number of hydrogen-bond donors (Lipinski definition) is 3. The predicted octanol–water partition coefficient (Wildman–Crippen LogP) is 1.94. The van der Waals surface area contributed by atoms with E-state index in [0.29, 0.717) is 31.7 Å². The Hall–Kier alpha value is -2.87. The van der Waals surface area contributed by atoms with Crippen LogP contribution in [-0.2, 0) is 9.53 Å². The van der Waals surface area contributed by atoms with E-state index in [2.05, 4.69) is 15.5 Å². The number of aromatic amines is 1. The molecule has 1 aliphatic rings. The second-order valence-electron chi connectivity index (χ2n) is 6.50. The van der Waals surface area contributed by atoms with Crippen LogP contribution >= 0.6 is 0 Å². The lowest BCUT2D eigenvalue weighted by Gasteiger charge is -2.27. The molecule has 1 atom stereocenters. The molecule has 2 aromatic rings. The van der Waals surface area contributed by atoms with Crippen molar-refractivity contribution in [3.05, 3.63) is 36.0 Å². The standard InChI is InChI=1S/C19H23N3O5/c1-26-14-4-2-13(3-5-14)16-10-17(22-21-16)18(23)20-11-15(19(24)25)12-6-8-27-9-7-12/h2-5,10,12,15H,6-9,11H2,1H3,(H,20,23)(H,21,22)(H,24,25). The normalized spacial score (nSPS) is 15.9. The van der Waals surface area contributed by atoms with Crippen molar-refractivity contribution in [3.63, 3.8) is 0 Å². The monoisotopic (exact) mass is 373 g/mol. The molecule has 3 N–H and O–H groups in total. The number of nitrogens with zero attached hydrogens (tertiary/aromatic N) is 1. The highest BCUT2D eigenvalue weighted by Gasteiger charge is 2.30. The van der Waals surface area contributed by atoms with Crippen molar-refractivity contribution >= 4 is 11.9 Å². The zero-order chi connectivity index (χ0) is 19.2. The Balaban J connectivity index is 1.62. The number of carbonyl (C=O) groups is 2. The van der Waals surface area contributed by atoms with Crippen molar-refractivity contribution in [2.24, 2.45) is 11.8 Å². The second-order valence-corrected chi connectivity index (χ2v) is 6.50. The highest BCUT2D eigenvalue weighted by molar-refractivity contribution is 5.93. The van der Waals surface area contributed by atoms with E-state index in [1.54, 1.807) is 13.2 Å². The van der Waals surface area contributed by atoms with Gasteiger partial charge in [-0.2, -0.15) is 5.10 Å². The number of carboxylic acids is 1. The van der Waals surface area contributed by atoms with E-state index in [9.17, 15) is 14.7 Å². The average molecular weight is 373 g/mol. The Labute approximate surface area is 156 Å². The molecule has 0 aliphatic carbocycles. The number of nitrogens with one attached hydrogen (secondary N) is 2. The lowest BCUT2D eigenvalue weighted by molar-refractivity contribution is -0.144. The van der Waals surface area contributed by atoms with Crippen LogP contribution in [0.25, 0.3) is 11.3 Å². The number of carboxylic acid groups (broad SMARTS) is 1. The van der Waals surface area contributed by atoms with Gasteiger partial charge in [0.05, 0.1) is 18.7 Å². The van der Waals surface area contributed by atoms with Gasteiger partial charge >= 0.3 is 5.97 Å². The van der Waals surface area contributed by atoms with Crippen LogP contribution in [0.4, 0.5) is 0 Å². The van der Waals surface area contributed by atoms with Gasteiger partial charge in [0.2, 0.25) is 0 Å². The Kier molecular flexibility index (Phi) is 6.08. The van der Waals surface area contributed by atoms with Gasteiger partial charge in [-0.05, 0) is 49.1 Å². The van der Waals surface area contributed by atoms with Crippen LogP contribution in [0.1, 0.15) is 23.3 Å². The van der Waals surface area contributed by atoms with E-state index in [1.807, 2.05) is 24.3 Å². The molecule has 144 valence electrons. The van der Waals surface area contributed by atoms with E-state index in [-0.39, 0.29) is 24.1 Å². The number of benzene rings is 1. The highest BCUT2D eigenvalue weighted by Crippen LogP contribution is 2.24. The third kappa shape index (κ3) is 4.65. The van der Waals surface area contributed by atoms with Crippen molar-refractivity contribution in [3.8, 4) is 17.0 Å². The Morgan fingerprint density at radius 2 is 2.04 bits per heavy atom. The number of amides is 1. The fourth-order valence-corrected chi connectivity index (χ4v) is 3.22. The number of methoxy groups -OCH3 is 1. The van der Waals surface area contributed by atoms with Crippen LogP contribution < -0.4 is 10.1 Å². The minimum atomic E-state index is -0.897. The maximum Gasteiger partial charge on any atom is 0.308 e. The van der Waals surface area contributed by atoms with Gasteiger partial charge in [-0.25, -0.2) is 0 Å². The lowest BCUT2D eigenvalue weighted by atomic mass is 9.86. The molecule has 1 aliphatic heterocycles. The molecule has 1 aromatic heterocycles. The van der Waals surface area contributed by atoms with Crippen LogP contribution in [0.5, 0.6) is 5.75 Å². The molecule has 0 radical (unpaired) electrons. The molecule has 0 saturated carbocycles. The van der Waals surface area contributed by atoms with E-state index in [4.69, 9.17) is 9.47 Å². The molecule has 1 amide bonds. The van der Waals surface area contributed by atoms with Gasteiger partial charge in [-0.3, -0.25) is 14.7 Å². The summed E-state index contributed by atoms with van der Waals surface area (Å²) in [4.78, 5) is 23.9. The molecule has 3 rings (SSSR count). The highest BCUT2D eigenvalue weighted by atomic mass is 16.5. The summed E-state index contributed by atoms with van der Waals surface area (Å²) >= 11 is 0. The maximum atomic E-state index is 12.4. The van der Waals surface area contributed by atoms with Crippen LogP contribution in [0.3, 0.4) is 0 Å². The summed E-state index contributed by atoms with van der Waals surface area (Å²) < 4.78 is 10.4. The number of hydrogen-bond acceptors (Lipinski definition) is 5. The van der Waals surface area contributed by atoms with Gasteiger partial charge in [0.25, 0.3) is 5.91 Å². The zero-order valence-corrected chi connectivity index (χ0v) is 15.1. The number of carbonyl (C=O) groups excluding carboxylic acids is 1. The third-order valence-corrected chi connectivity index (χ3v) is 4.84. The predicted molar refractivity (Wildman–Crippen MR) is 97.6 cm³/mol. The minimum Gasteiger partial charge on any atom is -0.497 e. The molecule has 1 saturated heterocycles. The van der Waals surface area contributed by atoms with Crippen molar-refractivity contribution in [2.45, 2.75) is 12.8 Å². The molecule has 2 heterocycles. The molecule has 1 unspecified atom stereocenters. The molecular weight excluding hydrogens is 350 g/mol. The number of rotatable bonds is 7. The van der Waals surface area contributed by atoms with Crippen LogP contribution in [0.2, 0.25) is 0 Å². The van der Waals surface area contributed by atoms with E-state index in [0.717, 1.165) is 11.3 Å². The van der Waals surface area contributed by atoms with Crippen molar-refractivity contribution in [2.75, 3.05) is 26.9 Å². The van der Waals surface area contributed by atoms with E-state index in [1.165, 1.54) is 0 Å². The maximum absolute atomic E-state index is 12.4. The van der Waals surface area contributed by atoms with Gasteiger partial charge in [-0.1, -0.05) is 0 Å². The van der Waals surface area contributed by atoms with Gasteiger partial charge in [0.15, 0.2) is 0 Å². The first-order valence-electron chi connectivity index (χ1n) is 8.87.